The highest BCUT2D eigenvalue weighted by molar-refractivity contribution is 6.46. The molecule has 0 radical (unpaired) electrons. The molecule has 1 fully saturated rings. The summed E-state index contributed by atoms with van der Waals surface area (Å²) in [6, 6.07) is 14.9. The smallest absolute Gasteiger partial charge is 0.295 e. The van der Waals surface area contributed by atoms with E-state index >= 15 is 0 Å². The summed E-state index contributed by atoms with van der Waals surface area (Å²) in [6.07, 6.45) is 2.23. The standard InChI is InChI=1S/C30H27N3O8/c1-39-21-8-9-23-22(15-21)19(16-31-23)11-12-32-27(17-7-10-24(40-2)25(14-17)41-3)26(29(35)30(32)36)28(34)18-5-4-6-20(13-18)33(37)38/h4-10,13-16,27,31,34H,11-12H2,1-3H3/b28-26-. The van der Waals surface area contributed by atoms with E-state index < -0.39 is 28.4 Å². The van der Waals surface area contributed by atoms with E-state index in [1.165, 1.54) is 37.3 Å². The lowest BCUT2D eigenvalue weighted by atomic mass is 9.94. The van der Waals surface area contributed by atoms with Gasteiger partial charge in [-0.2, -0.15) is 0 Å². The molecule has 1 aliphatic rings. The van der Waals surface area contributed by atoms with Crippen LogP contribution < -0.4 is 14.2 Å². The maximum Gasteiger partial charge on any atom is 0.295 e. The lowest BCUT2D eigenvalue weighted by Gasteiger charge is -2.26. The molecule has 1 amide bonds. The van der Waals surface area contributed by atoms with Crippen molar-refractivity contribution in [1.82, 2.24) is 9.88 Å². The number of hydrogen-bond donors (Lipinski definition) is 2. The quantitative estimate of drug-likeness (QED) is 0.0985. The topological polar surface area (TPSA) is 144 Å². The molecule has 0 saturated carbocycles. The number of amides is 1. The average Bonchev–Trinajstić information content (AvgIpc) is 3.52. The highest BCUT2D eigenvalue weighted by Gasteiger charge is 2.46. The number of nitrogens with zero attached hydrogens (tertiary/aromatic N) is 2. The summed E-state index contributed by atoms with van der Waals surface area (Å²) in [7, 11) is 4.53. The van der Waals surface area contributed by atoms with Gasteiger partial charge in [0.2, 0.25) is 0 Å². The summed E-state index contributed by atoms with van der Waals surface area (Å²) in [4.78, 5) is 42.3. The number of non-ortho nitro benzene ring substituents is 1. The second kappa shape index (κ2) is 11.0. The third-order valence-corrected chi connectivity index (χ3v) is 7.19. The van der Waals surface area contributed by atoms with Crippen molar-refractivity contribution in [1.29, 1.82) is 0 Å². The second-order valence-electron chi connectivity index (χ2n) is 9.39. The van der Waals surface area contributed by atoms with Gasteiger partial charge in [-0.3, -0.25) is 19.7 Å². The SMILES string of the molecule is COc1ccc2[nH]cc(CCN3C(=O)C(=O)/C(=C(\O)c4cccc([N+](=O)[O-])c4)C3c3ccc(OC)c(OC)c3)c2c1. The van der Waals surface area contributed by atoms with Crippen molar-refractivity contribution in [3.05, 3.63) is 99.2 Å². The van der Waals surface area contributed by atoms with Gasteiger partial charge in [-0.15, -0.1) is 0 Å². The average molecular weight is 558 g/mol. The fraction of sp³-hybridized carbons (Fsp3) is 0.200. The number of nitro benzene ring substituents is 1. The summed E-state index contributed by atoms with van der Waals surface area (Å²) in [5.41, 5.74) is 1.90. The van der Waals surface area contributed by atoms with Crippen molar-refractivity contribution in [3.8, 4) is 17.2 Å². The van der Waals surface area contributed by atoms with E-state index in [0.717, 1.165) is 22.5 Å². The highest BCUT2D eigenvalue weighted by Crippen LogP contribution is 2.42. The first kappa shape index (κ1) is 27.3. The van der Waals surface area contributed by atoms with Crippen molar-refractivity contribution in [2.75, 3.05) is 27.9 Å². The monoisotopic (exact) mass is 557 g/mol. The first-order valence-electron chi connectivity index (χ1n) is 12.7. The number of H-pyrrole nitrogens is 1. The zero-order chi connectivity index (χ0) is 29.3. The Morgan fingerprint density at radius 3 is 2.49 bits per heavy atom. The van der Waals surface area contributed by atoms with Crippen molar-refractivity contribution >= 4 is 34.0 Å². The molecule has 2 N–H and O–H groups in total. The number of nitrogens with one attached hydrogen (secondary N) is 1. The number of likely N-dealkylation sites (tertiary alicyclic amines) is 1. The number of aromatic nitrogens is 1. The highest BCUT2D eigenvalue weighted by atomic mass is 16.6. The predicted octanol–water partition coefficient (Wildman–Crippen LogP) is 4.77. The van der Waals surface area contributed by atoms with Crippen LogP contribution in [0.4, 0.5) is 5.69 Å². The molecule has 11 heteroatoms. The van der Waals surface area contributed by atoms with E-state index in [1.54, 1.807) is 25.3 Å². The number of benzene rings is 3. The molecule has 1 atom stereocenters. The number of rotatable bonds is 9. The maximum absolute atomic E-state index is 13.5. The van der Waals surface area contributed by atoms with Crippen LogP contribution in [-0.4, -0.2) is 59.5 Å². The zero-order valence-corrected chi connectivity index (χ0v) is 22.5. The number of fused-ring (bicyclic) bond motifs is 1. The van der Waals surface area contributed by atoms with Gasteiger partial charge in [0.15, 0.2) is 11.5 Å². The molecule has 0 aliphatic carbocycles. The van der Waals surface area contributed by atoms with E-state index in [9.17, 15) is 24.8 Å². The fourth-order valence-corrected chi connectivity index (χ4v) is 5.13. The van der Waals surface area contributed by atoms with Gasteiger partial charge in [0.1, 0.15) is 11.5 Å². The summed E-state index contributed by atoms with van der Waals surface area (Å²) >= 11 is 0. The molecule has 41 heavy (non-hydrogen) atoms. The number of carbonyl (C=O) groups is 2. The number of nitro groups is 1. The van der Waals surface area contributed by atoms with Gasteiger partial charge in [-0.05, 0) is 47.9 Å². The van der Waals surface area contributed by atoms with E-state index in [0.29, 0.717) is 29.2 Å². The summed E-state index contributed by atoms with van der Waals surface area (Å²) < 4.78 is 16.2. The van der Waals surface area contributed by atoms with Gasteiger partial charge in [0, 0.05) is 41.3 Å². The van der Waals surface area contributed by atoms with Crippen molar-refractivity contribution in [2.24, 2.45) is 0 Å². The Kier molecular flexibility index (Phi) is 7.34. The van der Waals surface area contributed by atoms with Gasteiger partial charge in [0.25, 0.3) is 17.4 Å². The number of aromatic amines is 1. The molecular formula is C30H27N3O8. The first-order valence-corrected chi connectivity index (χ1v) is 12.7. The Labute approximate surface area is 234 Å². The lowest BCUT2D eigenvalue weighted by molar-refractivity contribution is -0.384. The molecule has 11 nitrogen and oxygen atoms in total. The van der Waals surface area contributed by atoms with Crippen LogP contribution in [0.1, 0.15) is 22.7 Å². The molecule has 5 rings (SSSR count). The second-order valence-corrected chi connectivity index (χ2v) is 9.39. The van der Waals surface area contributed by atoms with Gasteiger partial charge in [-0.25, -0.2) is 0 Å². The van der Waals surface area contributed by atoms with Crippen LogP contribution in [0.5, 0.6) is 17.2 Å². The molecule has 210 valence electrons. The Bertz CT molecular complexity index is 1710. The molecule has 0 spiro atoms. The van der Waals surface area contributed by atoms with Crippen molar-refractivity contribution < 1.29 is 33.8 Å². The van der Waals surface area contributed by atoms with Crippen LogP contribution in [0.3, 0.4) is 0 Å². The molecule has 1 aliphatic heterocycles. The molecular weight excluding hydrogens is 530 g/mol. The van der Waals surface area contributed by atoms with E-state index in [4.69, 9.17) is 14.2 Å². The normalized spacial score (nSPS) is 16.3. The third-order valence-electron chi connectivity index (χ3n) is 7.19. The number of Topliss-reactive ketones (excluding diaryl/α,β-unsaturated/α-hetero) is 1. The number of aliphatic hydroxyl groups excluding tert-OH is 1. The molecule has 0 bridgehead atoms. The minimum atomic E-state index is -0.992. The van der Waals surface area contributed by atoms with Crippen LogP contribution in [0, 0.1) is 10.1 Å². The minimum absolute atomic E-state index is 0.0476. The Balaban J connectivity index is 1.61. The molecule has 1 saturated heterocycles. The number of hydrogen-bond acceptors (Lipinski definition) is 8. The minimum Gasteiger partial charge on any atom is -0.507 e. The summed E-state index contributed by atoms with van der Waals surface area (Å²) in [5, 5.41) is 23.6. The van der Waals surface area contributed by atoms with Crippen LogP contribution in [0.15, 0.2) is 72.4 Å². The lowest BCUT2D eigenvalue weighted by Crippen LogP contribution is -2.31. The molecule has 1 aromatic heterocycles. The van der Waals surface area contributed by atoms with Crippen LogP contribution in [0.25, 0.3) is 16.7 Å². The molecule has 4 aromatic rings. The van der Waals surface area contributed by atoms with Gasteiger partial charge in [0.05, 0.1) is 37.9 Å². The number of aliphatic hydroxyl groups is 1. The predicted molar refractivity (Wildman–Crippen MR) is 150 cm³/mol. The van der Waals surface area contributed by atoms with Crippen LogP contribution in [-0.2, 0) is 16.0 Å². The van der Waals surface area contributed by atoms with Gasteiger partial charge < -0.3 is 29.2 Å². The van der Waals surface area contributed by atoms with Crippen LogP contribution in [0.2, 0.25) is 0 Å². The summed E-state index contributed by atoms with van der Waals surface area (Å²) in [6.45, 7) is 0.138. The third kappa shape index (κ3) is 4.93. The van der Waals surface area contributed by atoms with Crippen molar-refractivity contribution in [2.45, 2.75) is 12.5 Å². The largest absolute Gasteiger partial charge is 0.507 e. The fourth-order valence-electron chi connectivity index (χ4n) is 5.13. The van der Waals surface area contributed by atoms with Gasteiger partial charge >= 0.3 is 0 Å². The molecule has 3 aromatic carbocycles. The number of ether oxygens (including phenoxy) is 3. The van der Waals surface area contributed by atoms with Crippen molar-refractivity contribution in [3.63, 3.8) is 0 Å². The Morgan fingerprint density at radius 2 is 1.78 bits per heavy atom. The van der Waals surface area contributed by atoms with Gasteiger partial charge in [-0.1, -0.05) is 18.2 Å². The maximum atomic E-state index is 13.5. The van der Waals surface area contributed by atoms with E-state index in [-0.39, 0.29) is 23.4 Å². The summed E-state index contributed by atoms with van der Waals surface area (Å²) in [5.74, 6) is -0.704. The van der Waals surface area contributed by atoms with E-state index in [2.05, 4.69) is 4.98 Å². The first-order chi connectivity index (χ1) is 19.8. The number of methoxy groups -OCH3 is 3. The van der Waals surface area contributed by atoms with E-state index in [1.807, 2.05) is 24.4 Å². The molecule has 1 unspecified atom stereocenters. The Hall–Kier alpha value is -5.32. The number of ketones is 1. The zero-order valence-electron chi connectivity index (χ0n) is 22.5. The number of carbonyl (C=O) groups excluding carboxylic acids is 2. The molecule has 2 heterocycles. The Morgan fingerprint density at radius 1 is 1.00 bits per heavy atom. The van der Waals surface area contributed by atoms with Crippen LogP contribution >= 0.6 is 0 Å².